The molecule has 1 amide bonds. The van der Waals surface area contributed by atoms with Gasteiger partial charge in [0, 0.05) is 25.0 Å². The molecule has 1 fully saturated rings. The molecular weight excluding hydrogens is 336 g/mol. The van der Waals surface area contributed by atoms with Crippen molar-refractivity contribution >= 4 is 17.4 Å². The van der Waals surface area contributed by atoms with Crippen molar-refractivity contribution < 1.29 is 24.2 Å². The second-order valence-corrected chi connectivity index (χ2v) is 5.77. The summed E-state index contributed by atoms with van der Waals surface area (Å²) in [5.41, 5.74) is 0.997. The van der Waals surface area contributed by atoms with Gasteiger partial charge in [0.1, 0.15) is 5.76 Å². The average Bonchev–Trinajstić information content (AvgIpc) is 2.91. The van der Waals surface area contributed by atoms with Crippen LogP contribution in [0.3, 0.4) is 0 Å². The Kier molecular flexibility index (Phi) is 4.62. The Morgan fingerprint density at radius 1 is 1.15 bits per heavy atom. The van der Waals surface area contributed by atoms with Crippen molar-refractivity contribution in [2.24, 2.45) is 0 Å². The molecule has 1 aliphatic heterocycles. The number of likely N-dealkylation sites (tertiary alicyclic amines) is 1. The van der Waals surface area contributed by atoms with Gasteiger partial charge in [-0.1, -0.05) is 6.07 Å². The van der Waals surface area contributed by atoms with E-state index in [4.69, 9.17) is 9.47 Å². The van der Waals surface area contributed by atoms with Crippen LogP contribution in [0.2, 0.25) is 0 Å². The third-order valence-electron chi connectivity index (χ3n) is 4.33. The largest absolute Gasteiger partial charge is 0.507 e. The van der Waals surface area contributed by atoms with Crippen molar-refractivity contribution in [3.8, 4) is 11.5 Å². The highest BCUT2D eigenvalue weighted by Crippen LogP contribution is 2.39. The number of hydrogen-bond donors (Lipinski definition) is 1. The van der Waals surface area contributed by atoms with E-state index in [-0.39, 0.29) is 11.3 Å². The Labute approximate surface area is 150 Å². The van der Waals surface area contributed by atoms with Crippen LogP contribution < -0.4 is 9.47 Å². The van der Waals surface area contributed by atoms with Crippen LogP contribution in [-0.4, -0.2) is 47.9 Å². The number of carbonyl (C=O) groups excluding carboxylic acids is 2. The van der Waals surface area contributed by atoms with Gasteiger partial charge in [-0.25, -0.2) is 0 Å². The number of amides is 1. The standard InChI is InChI=1S/C19H18N2O5/c1-21-16(12-5-4-8-20-10-12)15(18(23)19(21)24)17(22)11-6-7-13(25-2)14(9-11)26-3/h4-10,16,22H,1-3H3. The zero-order chi connectivity index (χ0) is 18.8. The third kappa shape index (κ3) is 2.77. The Balaban J connectivity index is 2.17. The summed E-state index contributed by atoms with van der Waals surface area (Å²) < 4.78 is 10.4. The number of likely N-dealkylation sites (N-methyl/N-ethyl adjacent to an activating group) is 1. The van der Waals surface area contributed by atoms with E-state index in [9.17, 15) is 14.7 Å². The highest BCUT2D eigenvalue weighted by Gasteiger charge is 2.44. The van der Waals surface area contributed by atoms with Gasteiger partial charge < -0.3 is 19.5 Å². The van der Waals surface area contributed by atoms with Crippen LogP contribution in [0.4, 0.5) is 0 Å². The van der Waals surface area contributed by atoms with E-state index < -0.39 is 17.7 Å². The number of Topliss-reactive ketones (excluding diaryl/α,β-unsaturated/α-hetero) is 1. The molecule has 1 aliphatic rings. The van der Waals surface area contributed by atoms with Gasteiger partial charge in [-0.2, -0.15) is 0 Å². The van der Waals surface area contributed by atoms with Crippen molar-refractivity contribution in [1.82, 2.24) is 9.88 Å². The first-order chi connectivity index (χ1) is 12.5. The van der Waals surface area contributed by atoms with Gasteiger partial charge in [0.05, 0.1) is 25.8 Å². The number of benzene rings is 1. The van der Waals surface area contributed by atoms with Gasteiger partial charge in [-0.05, 0) is 29.8 Å². The first kappa shape index (κ1) is 17.5. The van der Waals surface area contributed by atoms with Gasteiger partial charge in [0.15, 0.2) is 11.5 Å². The van der Waals surface area contributed by atoms with Gasteiger partial charge in [-0.15, -0.1) is 0 Å². The quantitative estimate of drug-likeness (QED) is 0.514. The topological polar surface area (TPSA) is 89.0 Å². The van der Waals surface area contributed by atoms with Gasteiger partial charge >= 0.3 is 0 Å². The molecule has 1 unspecified atom stereocenters. The van der Waals surface area contributed by atoms with Crippen LogP contribution in [-0.2, 0) is 9.59 Å². The molecule has 0 aliphatic carbocycles. The molecule has 0 radical (unpaired) electrons. The summed E-state index contributed by atoms with van der Waals surface area (Å²) in [5.74, 6) is -0.805. The number of aromatic nitrogens is 1. The summed E-state index contributed by atoms with van der Waals surface area (Å²) in [6, 6.07) is 7.52. The second-order valence-electron chi connectivity index (χ2n) is 5.77. The fraction of sp³-hybridized carbons (Fsp3) is 0.211. The minimum atomic E-state index is -0.742. The minimum absolute atomic E-state index is 0.0118. The Bertz CT molecular complexity index is 892. The first-order valence-corrected chi connectivity index (χ1v) is 7.86. The lowest BCUT2D eigenvalue weighted by molar-refractivity contribution is -0.139. The Morgan fingerprint density at radius 3 is 2.50 bits per heavy atom. The minimum Gasteiger partial charge on any atom is -0.507 e. The molecule has 0 saturated carbocycles. The lowest BCUT2D eigenvalue weighted by Crippen LogP contribution is -2.24. The number of ether oxygens (including phenoxy) is 2. The molecule has 134 valence electrons. The summed E-state index contributed by atoms with van der Waals surface area (Å²) in [6.45, 7) is 0. The number of aliphatic hydroxyl groups excluding tert-OH is 1. The van der Waals surface area contributed by atoms with Crippen LogP contribution in [0.25, 0.3) is 5.76 Å². The molecule has 1 saturated heterocycles. The van der Waals surface area contributed by atoms with E-state index in [1.165, 1.54) is 26.2 Å². The van der Waals surface area contributed by atoms with Crippen molar-refractivity contribution in [1.29, 1.82) is 0 Å². The molecule has 7 nitrogen and oxygen atoms in total. The molecular formula is C19H18N2O5. The molecule has 2 aromatic rings. The highest BCUT2D eigenvalue weighted by atomic mass is 16.5. The van der Waals surface area contributed by atoms with E-state index >= 15 is 0 Å². The maximum absolute atomic E-state index is 12.5. The zero-order valence-corrected chi connectivity index (χ0v) is 14.6. The molecule has 1 aromatic heterocycles. The maximum atomic E-state index is 12.5. The number of nitrogens with zero attached hydrogens (tertiary/aromatic N) is 2. The third-order valence-corrected chi connectivity index (χ3v) is 4.33. The molecule has 7 heteroatoms. The van der Waals surface area contributed by atoms with E-state index in [1.807, 2.05) is 0 Å². The van der Waals surface area contributed by atoms with E-state index in [1.54, 1.807) is 42.7 Å². The summed E-state index contributed by atoms with van der Waals surface area (Å²) in [6.07, 6.45) is 3.16. The van der Waals surface area contributed by atoms with Crippen molar-refractivity contribution in [2.75, 3.05) is 21.3 Å². The number of aliphatic hydroxyl groups is 1. The van der Waals surface area contributed by atoms with Crippen LogP contribution in [0.5, 0.6) is 11.5 Å². The zero-order valence-electron chi connectivity index (χ0n) is 14.6. The maximum Gasteiger partial charge on any atom is 0.295 e. The number of carbonyl (C=O) groups is 2. The molecule has 1 atom stereocenters. The summed E-state index contributed by atoms with van der Waals surface area (Å²) in [5, 5.41) is 10.8. The fourth-order valence-electron chi connectivity index (χ4n) is 3.01. The van der Waals surface area contributed by atoms with Gasteiger partial charge in [0.2, 0.25) is 0 Å². The number of rotatable bonds is 4. The number of pyridine rings is 1. The highest BCUT2D eigenvalue weighted by molar-refractivity contribution is 6.46. The SMILES string of the molecule is COc1ccc(C(O)=C2C(=O)C(=O)N(C)C2c2cccnc2)cc1OC. The van der Waals surface area contributed by atoms with Gasteiger partial charge in [0.25, 0.3) is 11.7 Å². The molecule has 0 spiro atoms. The predicted octanol–water partition coefficient (Wildman–Crippen LogP) is 2.15. The lowest BCUT2D eigenvalue weighted by atomic mass is 9.96. The normalized spacial score (nSPS) is 18.9. The molecule has 3 rings (SSSR count). The van der Waals surface area contributed by atoms with E-state index in [0.29, 0.717) is 22.6 Å². The van der Waals surface area contributed by atoms with Crippen LogP contribution in [0.15, 0.2) is 48.3 Å². The molecule has 0 bridgehead atoms. The lowest BCUT2D eigenvalue weighted by Gasteiger charge is -2.20. The second kappa shape index (κ2) is 6.87. The molecule has 1 N–H and O–H groups in total. The number of hydrogen-bond acceptors (Lipinski definition) is 6. The number of methoxy groups -OCH3 is 2. The Morgan fingerprint density at radius 2 is 1.88 bits per heavy atom. The van der Waals surface area contributed by atoms with Crippen molar-refractivity contribution in [2.45, 2.75) is 6.04 Å². The monoisotopic (exact) mass is 354 g/mol. The van der Waals surface area contributed by atoms with Crippen LogP contribution >= 0.6 is 0 Å². The average molecular weight is 354 g/mol. The summed E-state index contributed by atoms with van der Waals surface area (Å²) >= 11 is 0. The summed E-state index contributed by atoms with van der Waals surface area (Å²) in [4.78, 5) is 30.1. The predicted molar refractivity (Wildman–Crippen MR) is 93.8 cm³/mol. The van der Waals surface area contributed by atoms with Crippen LogP contribution in [0.1, 0.15) is 17.2 Å². The summed E-state index contributed by atoms with van der Waals surface area (Å²) in [7, 11) is 4.50. The Hall–Kier alpha value is -3.35. The van der Waals surface area contributed by atoms with Crippen molar-refractivity contribution in [3.05, 3.63) is 59.4 Å². The molecule has 2 heterocycles. The molecule has 26 heavy (non-hydrogen) atoms. The van der Waals surface area contributed by atoms with E-state index in [0.717, 1.165) is 0 Å². The molecule has 1 aromatic carbocycles. The number of ketones is 1. The van der Waals surface area contributed by atoms with Gasteiger partial charge in [-0.3, -0.25) is 14.6 Å². The van der Waals surface area contributed by atoms with Crippen molar-refractivity contribution in [3.63, 3.8) is 0 Å². The van der Waals surface area contributed by atoms with E-state index in [2.05, 4.69) is 4.98 Å². The fourth-order valence-corrected chi connectivity index (χ4v) is 3.01. The van der Waals surface area contributed by atoms with Crippen LogP contribution in [0, 0.1) is 0 Å². The smallest absolute Gasteiger partial charge is 0.295 e. The first-order valence-electron chi connectivity index (χ1n) is 7.86.